The SMILES string of the molecule is CCc1ccc(C(N)Cc2nc(-c3ccccn3)cs2)cc1. The van der Waals surface area contributed by atoms with Crippen LogP contribution in [0.3, 0.4) is 0 Å². The lowest BCUT2D eigenvalue weighted by Crippen LogP contribution is -2.13. The van der Waals surface area contributed by atoms with Gasteiger partial charge in [0.1, 0.15) is 0 Å². The van der Waals surface area contributed by atoms with Crippen molar-refractivity contribution in [2.24, 2.45) is 5.73 Å². The number of pyridine rings is 1. The van der Waals surface area contributed by atoms with Gasteiger partial charge in [0, 0.05) is 24.0 Å². The van der Waals surface area contributed by atoms with Crippen molar-refractivity contribution in [2.75, 3.05) is 0 Å². The van der Waals surface area contributed by atoms with Crippen LogP contribution in [0.2, 0.25) is 0 Å². The molecule has 1 atom stereocenters. The average molecular weight is 309 g/mol. The summed E-state index contributed by atoms with van der Waals surface area (Å²) in [6.07, 6.45) is 3.59. The third-order valence-electron chi connectivity index (χ3n) is 3.69. The molecule has 1 unspecified atom stereocenters. The van der Waals surface area contributed by atoms with E-state index in [1.54, 1.807) is 17.5 Å². The van der Waals surface area contributed by atoms with Crippen LogP contribution in [0, 0.1) is 0 Å². The molecule has 2 N–H and O–H groups in total. The molecule has 0 fully saturated rings. The lowest BCUT2D eigenvalue weighted by atomic mass is 10.0. The zero-order valence-corrected chi connectivity index (χ0v) is 13.4. The van der Waals surface area contributed by atoms with E-state index in [9.17, 15) is 0 Å². The Hall–Kier alpha value is -2.04. The molecular formula is C18H19N3S. The molecule has 0 aliphatic rings. The van der Waals surface area contributed by atoms with Gasteiger partial charge in [0.2, 0.25) is 0 Å². The minimum absolute atomic E-state index is 0.0198. The van der Waals surface area contributed by atoms with Crippen molar-refractivity contribution >= 4 is 11.3 Å². The summed E-state index contributed by atoms with van der Waals surface area (Å²) in [6.45, 7) is 2.16. The predicted octanol–water partition coefficient (Wildman–Crippen LogP) is 4.01. The normalized spacial score (nSPS) is 12.3. The number of thiazole rings is 1. The first-order valence-electron chi connectivity index (χ1n) is 7.46. The standard InChI is InChI=1S/C18H19N3S/c1-2-13-6-8-14(9-7-13)15(19)11-18-21-17(12-22-18)16-5-3-4-10-20-16/h3-10,12,15H,2,11,19H2,1H3. The number of rotatable bonds is 5. The molecule has 4 heteroatoms. The minimum atomic E-state index is -0.0198. The van der Waals surface area contributed by atoms with Gasteiger partial charge in [-0.2, -0.15) is 0 Å². The van der Waals surface area contributed by atoms with Crippen LogP contribution in [-0.2, 0) is 12.8 Å². The van der Waals surface area contributed by atoms with Gasteiger partial charge in [0.15, 0.2) is 0 Å². The Labute approximate surface area is 134 Å². The molecule has 112 valence electrons. The van der Waals surface area contributed by atoms with Gasteiger partial charge >= 0.3 is 0 Å². The smallest absolute Gasteiger partial charge is 0.0998 e. The summed E-state index contributed by atoms with van der Waals surface area (Å²) < 4.78 is 0. The molecule has 2 aromatic heterocycles. The van der Waals surface area contributed by atoms with Crippen molar-refractivity contribution in [3.05, 3.63) is 70.2 Å². The number of benzene rings is 1. The van der Waals surface area contributed by atoms with Crippen LogP contribution in [0.4, 0.5) is 0 Å². The van der Waals surface area contributed by atoms with Crippen molar-refractivity contribution in [1.82, 2.24) is 9.97 Å². The molecule has 3 nitrogen and oxygen atoms in total. The molecule has 0 saturated carbocycles. The van der Waals surface area contributed by atoms with Crippen LogP contribution in [0.1, 0.15) is 29.1 Å². The molecule has 0 radical (unpaired) electrons. The first-order chi connectivity index (χ1) is 10.8. The number of hydrogen-bond donors (Lipinski definition) is 1. The summed E-state index contributed by atoms with van der Waals surface area (Å²) in [5, 5.41) is 3.10. The average Bonchev–Trinajstić information content (AvgIpc) is 3.04. The third kappa shape index (κ3) is 3.40. The Kier molecular flexibility index (Phi) is 4.61. The number of aromatic nitrogens is 2. The van der Waals surface area contributed by atoms with Crippen LogP contribution >= 0.6 is 11.3 Å². The second-order valence-electron chi connectivity index (χ2n) is 5.25. The topological polar surface area (TPSA) is 51.8 Å². The van der Waals surface area contributed by atoms with E-state index in [0.717, 1.165) is 34.8 Å². The van der Waals surface area contributed by atoms with Gasteiger partial charge in [0.05, 0.1) is 16.4 Å². The summed E-state index contributed by atoms with van der Waals surface area (Å²) in [6, 6.07) is 14.4. The Bertz CT molecular complexity index is 720. The fourth-order valence-corrected chi connectivity index (χ4v) is 3.19. The van der Waals surface area contributed by atoms with Gasteiger partial charge < -0.3 is 5.73 Å². The molecule has 2 heterocycles. The lowest BCUT2D eigenvalue weighted by Gasteiger charge is -2.10. The van der Waals surface area contributed by atoms with Crippen molar-refractivity contribution in [2.45, 2.75) is 25.8 Å². The molecule has 3 aromatic rings. The van der Waals surface area contributed by atoms with E-state index in [0.29, 0.717) is 0 Å². The summed E-state index contributed by atoms with van der Waals surface area (Å²) in [5.41, 5.74) is 10.6. The van der Waals surface area contributed by atoms with E-state index < -0.39 is 0 Å². The summed E-state index contributed by atoms with van der Waals surface area (Å²) in [4.78, 5) is 8.99. The van der Waals surface area contributed by atoms with Gasteiger partial charge in [-0.15, -0.1) is 11.3 Å². The molecule has 0 spiro atoms. The van der Waals surface area contributed by atoms with Gasteiger partial charge in [-0.05, 0) is 29.7 Å². The summed E-state index contributed by atoms with van der Waals surface area (Å²) >= 11 is 1.64. The summed E-state index contributed by atoms with van der Waals surface area (Å²) in [7, 11) is 0. The van der Waals surface area contributed by atoms with Crippen LogP contribution in [-0.4, -0.2) is 9.97 Å². The quantitative estimate of drug-likeness (QED) is 0.774. The van der Waals surface area contributed by atoms with Gasteiger partial charge in [-0.1, -0.05) is 37.3 Å². The van der Waals surface area contributed by atoms with E-state index >= 15 is 0 Å². The molecule has 1 aromatic carbocycles. The van der Waals surface area contributed by atoms with E-state index in [1.165, 1.54) is 5.56 Å². The first kappa shape index (κ1) is 14.9. The molecule has 0 amide bonds. The molecule has 0 aliphatic heterocycles. The second-order valence-corrected chi connectivity index (χ2v) is 6.19. The van der Waals surface area contributed by atoms with Crippen LogP contribution in [0.25, 0.3) is 11.4 Å². The zero-order valence-electron chi connectivity index (χ0n) is 12.6. The van der Waals surface area contributed by atoms with Gasteiger partial charge in [0.25, 0.3) is 0 Å². The van der Waals surface area contributed by atoms with Crippen LogP contribution in [0.15, 0.2) is 54.0 Å². The van der Waals surface area contributed by atoms with E-state index in [1.807, 2.05) is 23.6 Å². The molecule has 0 saturated heterocycles. The highest BCUT2D eigenvalue weighted by Gasteiger charge is 2.11. The second kappa shape index (κ2) is 6.81. The number of nitrogens with zero attached hydrogens (tertiary/aromatic N) is 2. The largest absolute Gasteiger partial charge is 0.324 e. The highest BCUT2D eigenvalue weighted by Crippen LogP contribution is 2.23. The monoisotopic (exact) mass is 309 g/mol. The Morgan fingerprint density at radius 3 is 2.59 bits per heavy atom. The molecule has 0 bridgehead atoms. The van der Waals surface area contributed by atoms with E-state index in [2.05, 4.69) is 41.2 Å². The maximum Gasteiger partial charge on any atom is 0.0998 e. The minimum Gasteiger partial charge on any atom is -0.324 e. The van der Waals surface area contributed by atoms with Crippen LogP contribution in [0.5, 0.6) is 0 Å². The zero-order chi connectivity index (χ0) is 15.4. The van der Waals surface area contributed by atoms with Gasteiger partial charge in [-0.3, -0.25) is 4.98 Å². The third-order valence-corrected chi connectivity index (χ3v) is 4.56. The van der Waals surface area contributed by atoms with E-state index in [-0.39, 0.29) is 6.04 Å². The molecular weight excluding hydrogens is 290 g/mol. The number of nitrogens with two attached hydrogens (primary N) is 1. The number of hydrogen-bond acceptors (Lipinski definition) is 4. The first-order valence-corrected chi connectivity index (χ1v) is 8.34. The maximum atomic E-state index is 6.32. The fraction of sp³-hybridized carbons (Fsp3) is 0.222. The Balaban J connectivity index is 1.71. The summed E-state index contributed by atoms with van der Waals surface area (Å²) in [5.74, 6) is 0. The van der Waals surface area contributed by atoms with Crippen molar-refractivity contribution < 1.29 is 0 Å². The predicted molar refractivity (Wildman–Crippen MR) is 91.8 cm³/mol. The number of aryl methyl sites for hydroxylation is 1. The molecule has 22 heavy (non-hydrogen) atoms. The molecule has 3 rings (SSSR count). The van der Waals surface area contributed by atoms with Crippen molar-refractivity contribution in [3.63, 3.8) is 0 Å². The highest BCUT2D eigenvalue weighted by molar-refractivity contribution is 7.09. The lowest BCUT2D eigenvalue weighted by molar-refractivity contribution is 0.718. The Morgan fingerprint density at radius 2 is 1.91 bits per heavy atom. The van der Waals surface area contributed by atoms with E-state index in [4.69, 9.17) is 5.73 Å². The fourth-order valence-electron chi connectivity index (χ4n) is 2.34. The molecule has 0 aliphatic carbocycles. The van der Waals surface area contributed by atoms with Crippen molar-refractivity contribution in [1.29, 1.82) is 0 Å². The highest BCUT2D eigenvalue weighted by atomic mass is 32.1. The van der Waals surface area contributed by atoms with Crippen molar-refractivity contribution in [3.8, 4) is 11.4 Å². The van der Waals surface area contributed by atoms with Gasteiger partial charge in [-0.25, -0.2) is 4.98 Å². The van der Waals surface area contributed by atoms with Crippen LogP contribution < -0.4 is 5.73 Å². The maximum absolute atomic E-state index is 6.32. The Morgan fingerprint density at radius 1 is 1.09 bits per heavy atom.